The third kappa shape index (κ3) is 12.3. The van der Waals surface area contributed by atoms with Crippen molar-refractivity contribution < 1.29 is 29.0 Å². The first-order chi connectivity index (χ1) is 23.5. The molecule has 0 aliphatic carbocycles. The van der Waals surface area contributed by atoms with Crippen molar-refractivity contribution in [3.05, 3.63) is 28.0 Å². The third-order valence-corrected chi connectivity index (χ3v) is 11.6. The quantitative estimate of drug-likeness (QED) is 0.112. The number of ether oxygens (including phenoxy) is 1. The molecule has 280 valence electrons. The zero-order valence-corrected chi connectivity index (χ0v) is 33.3. The van der Waals surface area contributed by atoms with Gasteiger partial charge in [0.05, 0.1) is 19.8 Å². The number of nitrogens with one attached hydrogen (secondary N) is 1. The molecule has 50 heavy (non-hydrogen) atoms. The van der Waals surface area contributed by atoms with Gasteiger partial charge < -0.3 is 20.1 Å². The summed E-state index contributed by atoms with van der Waals surface area (Å²) in [6, 6.07) is -1.42. The van der Waals surface area contributed by atoms with Crippen molar-refractivity contribution in [1.29, 1.82) is 0 Å². The van der Waals surface area contributed by atoms with Gasteiger partial charge in [-0.1, -0.05) is 65.4 Å². The number of aryl methyl sites for hydroxylation is 1. The number of aromatic carboxylic acids is 1. The largest absolute Gasteiger partial charge is 0.476 e. The molecule has 0 bridgehead atoms. The molecule has 2 aromatic heterocycles. The molecule has 1 aliphatic heterocycles. The second-order valence-corrected chi connectivity index (χ2v) is 21.7. The predicted molar refractivity (Wildman–Crippen MR) is 196 cm³/mol. The second-order valence-electron chi connectivity index (χ2n) is 15.3. The van der Waals surface area contributed by atoms with Gasteiger partial charge >= 0.3 is 11.9 Å². The molecule has 3 rings (SSSR count). The Labute approximate surface area is 302 Å². The number of carboxylic acids is 1. The summed E-state index contributed by atoms with van der Waals surface area (Å²) in [5.41, 5.74) is 0.793. The van der Waals surface area contributed by atoms with Crippen molar-refractivity contribution in [3.8, 4) is 0 Å². The van der Waals surface area contributed by atoms with Gasteiger partial charge in [-0.25, -0.2) is 9.78 Å². The number of likely N-dealkylation sites (N-methyl/N-ethyl adjacent to an activating group) is 1. The number of hydrogen-bond acceptors (Lipinski definition) is 10. The van der Waals surface area contributed by atoms with Gasteiger partial charge in [0.25, 0.3) is 0 Å². The van der Waals surface area contributed by atoms with E-state index in [0.29, 0.717) is 30.8 Å². The first-order valence-corrected chi connectivity index (χ1v) is 22.6. The van der Waals surface area contributed by atoms with Gasteiger partial charge in [-0.3, -0.25) is 24.0 Å². The lowest BCUT2D eigenvalue weighted by Crippen LogP contribution is -2.59. The molecule has 1 fully saturated rings. The Hall–Kier alpha value is -3.17. The SMILES string of the molecule is CC[C@H](C)[C@H](NC(=O)C1CCCCN1C)C(=O)N(CCCCc1cn(C[Si](C)(C)C)nn1)[C@H](C[C@@H](OC(C)=O)c1nc(C(=O)O)cs1)C(C)C. The molecule has 1 saturated heterocycles. The Morgan fingerprint density at radius 3 is 2.46 bits per heavy atom. The van der Waals surface area contributed by atoms with E-state index in [1.54, 1.807) is 0 Å². The molecular formula is C35H59N7O6SSi. The van der Waals surface area contributed by atoms with Crippen molar-refractivity contribution in [1.82, 2.24) is 35.1 Å². The maximum absolute atomic E-state index is 14.8. The Bertz CT molecular complexity index is 1430. The van der Waals surface area contributed by atoms with Gasteiger partial charge in [0.1, 0.15) is 11.0 Å². The van der Waals surface area contributed by atoms with E-state index in [2.05, 4.69) is 45.2 Å². The number of carboxylic acid groups (broad SMARTS) is 1. The maximum Gasteiger partial charge on any atom is 0.355 e. The Kier molecular flexibility index (Phi) is 15.6. The van der Waals surface area contributed by atoms with Gasteiger partial charge in [-0.15, -0.1) is 16.4 Å². The standard InChI is InChI=1S/C35H59N7O6SSi/c1-10-24(4)31(37-32(44)28-16-12-13-17-40(28)6)34(45)42(18-14-11-15-26-20-41(39-38-26)22-50(7,8)9)29(23(2)3)19-30(48-25(5)43)33-36-27(21-49-33)35(46)47/h20-21,23-24,28-31H,10-19,22H2,1-9H3,(H,37,44)(H,46,47)/t24-,28?,29+,30+,31-/m0/s1. The molecule has 2 aromatic rings. The minimum absolute atomic E-state index is 0.0601. The molecule has 2 amide bonds. The van der Waals surface area contributed by atoms with Crippen LogP contribution in [0.1, 0.15) is 107 Å². The highest BCUT2D eigenvalue weighted by Crippen LogP contribution is 2.32. The van der Waals surface area contributed by atoms with Gasteiger partial charge in [-0.2, -0.15) is 0 Å². The summed E-state index contributed by atoms with van der Waals surface area (Å²) >= 11 is 1.12. The fourth-order valence-electron chi connectivity index (χ4n) is 6.47. The molecule has 15 heteroatoms. The minimum Gasteiger partial charge on any atom is -0.476 e. The molecule has 13 nitrogen and oxygen atoms in total. The van der Waals surface area contributed by atoms with E-state index in [4.69, 9.17) is 4.74 Å². The zero-order chi connectivity index (χ0) is 37.2. The number of carbonyl (C=O) groups is 4. The number of unbranched alkanes of at least 4 members (excludes halogenated alkanes) is 1. The van der Waals surface area contributed by atoms with Crippen molar-refractivity contribution in [2.45, 2.75) is 136 Å². The molecule has 2 N–H and O–H groups in total. The van der Waals surface area contributed by atoms with Gasteiger partial charge in [0.2, 0.25) is 11.8 Å². The normalized spacial score (nSPS) is 17.9. The Morgan fingerprint density at radius 1 is 1.16 bits per heavy atom. The lowest BCUT2D eigenvalue weighted by molar-refractivity contribution is -0.149. The van der Waals surface area contributed by atoms with E-state index in [1.807, 2.05) is 50.5 Å². The Balaban J connectivity index is 1.91. The van der Waals surface area contributed by atoms with Gasteiger partial charge in [0, 0.05) is 43.7 Å². The highest BCUT2D eigenvalue weighted by Gasteiger charge is 2.38. The summed E-state index contributed by atoms with van der Waals surface area (Å²) in [4.78, 5) is 60.5. The summed E-state index contributed by atoms with van der Waals surface area (Å²) in [5.74, 6) is -2.17. The summed E-state index contributed by atoms with van der Waals surface area (Å²) < 4.78 is 7.66. The summed E-state index contributed by atoms with van der Waals surface area (Å²) in [6.45, 7) is 17.5. The number of nitrogens with zero attached hydrogens (tertiary/aromatic N) is 6. The highest BCUT2D eigenvalue weighted by atomic mass is 32.1. The van der Waals surface area contributed by atoms with Crippen molar-refractivity contribution in [3.63, 3.8) is 0 Å². The van der Waals surface area contributed by atoms with Crippen LogP contribution in [0.25, 0.3) is 0 Å². The summed E-state index contributed by atoms with van der Waals surface area (Å²) in [7, 11) is 0.599. The number of rotatable bonds is 19. The molecule has 5 atom stereocenters. The van der Waals surface area contributed by atoms with Crippen LogP contribution < -0.4 is 5.32 Å². The molecule has 0 radical (unpaired) electrons. The van der Waals surface area contributed by atoms with Crippen LogP contribution in [0.3, 0.4) is 0 Å². The first-order valence-electron chi connectivity index (χ1n) is 18.1. The summed E-state index contributed by atoms with van der Waals surface area (Å²) in [6.07, 6.45) is 7.92. The van der Waals surface area contributed by atoms with Crippen LogP contribution in [0.15, 0.2) is 11.6 Å². The number of likely N-dealkylation sites (tertiary alicyclic amines) is 1. The lowest BCUT2D eigenvalue weighted by atomic mass is 9.91. The van der Waals surface area contributed by atoms with Crippen LogP contribution in [0.4, 0.5) is 0 Å². The van der Waals surface area contributed by atoms with E-state index >= 15 is 0 Å². The number of amides is 2. The van der Waals surface area contributed by atoms with Crippen molar-refractivity contribution in [2.75, 3.05) is 20.1 Å². The molecule has 1 unspecified atom stereocenters. The monoisotopic (exact) mass is 733 g/mol. The Morgan fingerprint density at radius 2 is 1.88 bits per heavy atom. The first kappa shape index (κ1) is 41.2. The van der Waals surface area contributed by atoms with Crippen LogP contribution >= 0.6 is 11.3 Å². The molecule has 3 heterocycles. The van der Waals surface area contributed by atoms with Crippen LogP contribution in [0.2, 0.25) is 19.6 Å². The van der Waals surface area contributed by atoms with Crippen molar-refractivity contribution >= 4 is 43.2 Å². The number of carbonyl (C=O) groups excluding carboxylic acids is 3. The topological polar surface area (TPSA) is 160 Å². The maximum atomic E-state index is 14.8. The molecule has 0 saturated carbocycles. The molecule has 1 aliphatic rings. The molecule has 0 spiro atoms. The van der Waals surface area contributed by atoms with Gasteiger partial charge in [0.15, 0.2) is 11.8 Å². The number of piperidine rings is 1. The number of esters is 1. The smallest absolute Gasteiger partial charge is 0.355 e. The van der Waals surface area contributed by atoms with E-state index in [1.165, 1.54) is 12.3 Å². The predicted octanol–water partition coefficient (Wildman–Crippen LogP) is 5.20. The average molecular weight is 734 g/mol. The van der Waals surface area contributed by atoms with E-state index in [-0.39, 0.29) is 41.8 Å². The highest BCUT2D eigenvalue weighted by molar-refractivity contribution is 7.09. The minimum atomic E-state index is -1.36. The fraction of sp³-hybridized carbons (Fsp3) is 0.743. The van der Waals surface area contributed by atoms with E-state index < -0.39 is 38.2 Å². The number of hydrogen-bond donors (Lipinski definition) is 2. The van der Waals surface area contributed by atoms with E-state index in [9.17, 15) is 24.3 Å². The second kappa shape index (κ2) is 18.9. The van der Waals surface area contributed by atoms with E-state index in [0.717, 1.165) is 55.4 Å². The summed E-state index contributed by atoms with van der Waals surface area (Å²) in [5, 5.41) is 23.2. The lowest BCUT2D eigenvalue weighted by Gasteiger charge is -2.40. The third-order valence-electron chi connectivity index (χ3n) is 9.39. The fourth-order valence-corrected chi connectivity index (χ4v) is 8.43. The van der Waals surface area contributed by atoms with Crippen LogP contribution in [0.5, 0.6) is 0 Å². The van der Waals surface area contributed by atoms with Gasteiger partial charge in [-0.05, 0) is 57.5 Å². The number of aromatic nitrogens is 4. The zero-order valence-electron chi connectivity index (χ0n) is 31.5. The number of thiazole rings is 1. The van der Waals surface area contributed by atoms with Crippen LogP contribution in [-0.2, 0) is 31.7 Å². The van der Waals surface area contributed by atoms with Crippen molar-refractivity contribution in [2.24, 2.45) is 11.8 Å². The molecule has 0 aromatic carbocycles. The van der Waals surface area contributed by atoms with Crippen LogP contribution in [-0.4, -0.2) is 105 Å². The molecular weight excluding hydrogens is 675 g/mol. The van der Waals surface area contributed by atoms with Crippen LogP contribution in [0, 0.1) is 11.8 Å². The average Bonchev–Trinajstić information content (AvgIpc) is 3.71.